The summed E-state index contributed by atoms with van der Waals surface area (Å²) in [5, 5.41) is 0.303. The fourth-order valence-electron chi connectivity index (χ4n) is 10.9. The normalized spacial score (nSPS) is 26.3. The second-order valence-electron chi connectivity index (χ2n) is 17.2. The van der Waals surface area contributed by atoms with Crippen molar-refractivity contribution in [3.05, 3.63) is 99.8 Å². The number of amides is 2. The van der Waals surface area contributed by atoms with Gasteiger partial charge in [-0.1, -0.05) is 67.8 Å². The fraction of sp³-hybridized carbons (Fsp3) is 0.511. The smallest absolute Gasteiger partial charge is 0.265 e. The zero-order chi connectivity index (χ0) is 38.2. The van der Waals surface area contributed by atoms with Crippen LogP contribution in [0.5, 0.6) is 5.75 Å². The van der Waals surface area contributed by atoms with Gasteiger partial charge in [-0.2, -0.15) is 0 Å². The Hall–Kier alpha value is -4.15. The number of hydrogen-bond donors (Lipinski definition) is 1. The number of aromatic nitrogens is 1. The Morgan fingerprint density at radius 2 is 1.71 bits per heavy atom. The lowest BCUT2D eigenvalue weighted by Crippen LogP contribution is -2.54. The highest BCUT2D eigenvalue weighted by Crippen LogP contribution is 2.56. The van der Waals surface area contributed by atoms with Gasteiger partial charge < -0.3 is 14.2 Å². The molecule has 3 unspecified atom stereocenters. The van der Waals surface area contributed by atoms with Crippen molar-refractivity contribution >= 4 is 32.7 Å². The van der Waals surface area contributed by atoms with Gasteiger partial charge in [0.25, 0.3) is 5.91 Å². The summed E-state index contributed by atoms with van der Waals surface area (Å²) >= 11 is 0. The van der Waals surface area contributed by atoms with Crippen molar-refractivity contribution in [3.63, 3.8) is 0 Å². The number of fused-ring (bicyclic) bond motifs is 8. The van der Waals surface area contributed by atoms with Gasteiger partial charge in [0.2, 0.25) is 15.9 Å². The van der Waals surface area contributed by atoms with Crippen molar-refractivity contribution in [1.29, 1.82) is 0 Å². The predicted molar refractivity (Wildman–Crippen MR) is 215 cm³/mol. The molecule has 1 saturated carbocycles. The predicted octanol–water partition coefficient (Wildman–Crippen LogP) is 7.49. The Balaban J connectivity index is 1.11. The van der Waals surface area contributed by atoms with E-state index < -0.39 is 21.2 Å². The molecule has 9 nitrogen and oxygen atoms in total. The van der Waals surface area contributed by atoms with E-state index in [4.69, 9.17) is 4.74 Å². The van der Waals surface area contributed by atoms with Crippen LogP contribution in [0.3, 0.4) is 0 Å². The van der Waals surface area contributed by atoms with E-state index >= 15 is 4.79 Å². The van der Waals surface area contributed by atoms with Gasteiger partial charge >= 0.3 is 0 Å². The Bertz CT molecular complexity index is 2230. The Morgan fingerprint density at radius 1 is 0.982 bits per heavy atom. The van der Waals surface area contributed by atoms with Gasteiger partial charge in [-0.15, -0.1) is 0 Å². The number of rotatable bonds is 9. The molecule has 55 heavy (non-hydrogen) atoms. The second-order valence-corrected chi connectivity index (χ2v) is 19.4. The fourth-order valence-corrected chi connectivity index (χ4v) is 11.5. The third-order valence-electron chi connectivity index (χ3n) is 13.7. The maximum Gasteiger partial charge on any atom is 0.265 e. The molecular formula is C45H54N4O5S. The molecule has 3 fully saturated rings. The van der Waals surface area contributed by atoms with Crippen LogP contribution in [0.1, 0.15) is 107 Å². The SMILES string of the molecule is COc1ccc(C2CCCCC2)c2c1cc1n2CC2=C(C(=O)NS(=O)(=O)C(C)C)C2=C2C=CC[C@@H](C(=O)N3C4CCC3CC(N(C)Cc3ccccc3)C4)C21. The average molecular weight is 763 g/mol. The first-order valence-corrected chi connectivity index (χ1v) is 22.1. The van der Waals surface area contributed by atoms with Crippen molar-refractivity contribution < 1.29 is 22.7 Å². The number of nitrogens with one attached hydrogen (secondary N) is 1. The van der Waals surface area contributed by atoms with E-state index in [1.165, 1.54) is 30.4 Å². The summed E-state index contributed by atoms with van der Waals surface area (Å²) < 4.78 is 36.6. The van der Waals surface area contributed by atoms with Gasteiger partial charge in [-0.3, -0.25) is 14.5 Å². The van der Waals surface area contributed by atoms with E-state index in [9.17, 15) is 13.2 Å². The van der Waals surface area contributed by atoms with Crippen LogP contribution in [0.15, 0.2) is 83.0 Å². The van der Waals surface area contributed by atoms with Gasteiger partial charge in [0.05, 0.1) is 29.4 Å². The van der Waals surface area contributed by atoms with Gasteiger partial charge in [-0.25, -0.2) is 13.1 Å². The van der Waals surface area contributed by atoms with Crippen LogP contribution in [0.2, 0.25) is 0 Å². The zero-order valence-electron chi connectivity index (χ0n) is 32.6. The molecule has 4 heterocycles. The highest BCUT2D eigenvalue weighted by Gasteiger charge is 2.51. The first-order chi connectivity index (χ1) is 26.6. The number of ether oxygens (including phenoxy) is 1. The minimum absolute atomic E-state index is 0.198. The topological polar surface area (TPSA) is 101 Å². The summed E-state index contributed by atoms with van der Waals surface area (Å²) in [6.45, 7) is 4.49. The minimum atomic E-state index is -3.83. The van der Waals surface area contributed by atoms with Crippen LogP contribution in [-0.2, 0) is 32.7 Å². The Labute approximate surface area is 325 Å². The molecular weight excluding hydrogens is 709 g/mol. The molecule has 2 aromatic carbocycles. The van der Waals surface area contributed by atoms with Crippen molar-refractivity contribution in [1.82, 2.24) is 19.1 Å². The van der Waals surface area contributed by atoms with E-state index in [2.05, 4.69) is 86.8 Å². The summed E-state index contributed by atoms with van der Waals surface area (Å²) in [6.07, 6.45) is 14.7. The third kappa shape index (κ3) is 6.28. The molecule has 1 N–H and O–H groups in total. The molecule has 0 spiro atoms. The third-order valence-corrected chi connectivity index (χ3v) is 15.5. The molecule has 6 aliphatic rings. The lowest BCUT2D eigenvalue weighted by molar-refractivity contribution is -0.141. The van der Waals surface area contributed by atoms with E-state index in [0.29, 0.717) is 30.5 Å². The molecule has 1 aromatic heterocycles. The monoisotopic (exact) mass is 762 g/mol. The molecule has 9 rings (SSSR count). The minimum Gasteiger partial charge on any atom is -0.496 e. The van der Waals surface area contributed by atoms with E-state index in [1.807, 2.05) is 0 Å². The van der Waals surface area contributed by atoms with Gasteiger partial charge in [0.15, 0.2) is 0 Å². The number of hydrogen-bond acceptors (Lipinski definition) is 6. The molecule has 3 aromatic rings. The van der Waals surface area contributed by atoms with E-state index in [0.717, 1.165) is 84.1 Å². The van der Waals surface area contributed by atoms with E-state index in [1.54, 1.807) is 21.0 Å². The molecule has 4 atom stereocenters. The summed E-state index contributed by atoms with van der Waals surface area (Å²) in [5.74, 6) is 0.232. The molecule has 3 aliphatic carbocycles. The Kier molecular flexibility index (Phi) is 9.35. The van der Waals surface area contributed by atoms with Gasteiger partial charge in [0, 0.05) is 48.2 Å². The van der Waals surface area contributed by atoms with Crippen molar-refractivity contribution in [2.45, 2.75) is 126 Å². The van der Waals surface area contributed by atoms with Crippen LogP contribution in [0.4, 0.5) is 0 Å². The molecule has 290 valence electrons. The number of nitrogens with zero attached hydrogens (tertiary/aromatic N) is 3. The number of carbonyl (C=O) groups is 2. The van der Waals surface area contributed by atoms with Crippen molar-refractivity contribution in [3.8, 4) is 5.75 Å². The molecule has 3 aliphatic heterocycles. The highest BCUT2D eigenvalue weighted by atomic mass is 32.2. The maximum absolute atomic E-state index is 15.3. The number of methoxy groups -OCH3 is 1. The van der Waals surface area contributed by atoms with Crippen molar-refractivity contribution in [2.75, 3.05) is 14.2 Å². The average Bonchev–Trinajstić information content (AvgIpc) is 3.73. The first-order valence-electron chi connectivity index (χ1n) is 20.5. The Morgan fingerprint density at radius 3 is 2.40 bits per heavy atom. The van der Waals surface area contributed by atoms with Gasteiger partial charge in [0.1, 0.15) is 5.75 Å². The molecule has 10 heteroatoms. The van der Waals surface area contributed by atoms with Crippen LogP contribution in [0, 0.1) is 5.92 Å². The number of carbonyl (C=O) groups excluding carboxylic acids is 2. The number of benzene rings is 2. The quantitative estimate of drug-likeness (QED) is 0.243. The maximum atomic E-state index is 15.3. The molecule has 2 bridgehead atoms. The molecule has 2 amide bonds. The largest absolute Gasteiger partial charge is 0.496 e. The lowest BCUT2D eigenvalue weighted by Gasteiger charge is -2.44. The standard InChI is InChI=1S/C45H54N4O5S/c1-27(2)55(52,53)46-44(50)42-37-26-48-38(24-36-39(54-4)21-20-33(43(36)48)29-14-9-6-10-15-29)40-34(41(37)42)16-11-17-35(40)45(51)49-30-18-19-31(49)23-32(22-30)47(3)25-28-12-7-5-8-13-28/h5,7-8,11-13,16,20-21,24,27,29-32,35,40H,6,9-10,14-15,17-19,22-23,25-26H2,1-4H3,(H,46,50)/t30?,31?,32?,35-,40?/m1/s1. The molecule has 0 radical (unpaired) electrons. The summed E-state index contributed by atoms with van der Waals surface area (Å²) in [4.78, 5) is 33.8. The van der Waals surface area contributed by atoms with E-state index in [-0.39, 0.29) is 29.8 Å². The number of sulfonamides is 1. The van der Waals surface area contributed by atoms with Crippen LogP contribution in [0.25, 0.3) is 10.9 Å². The summed E-state index contributed by atoms with van der Waals surface area (Å²) in [5.41, 5.74) is 7.93. The number of piperidine rings is 1. The van der Waals surface area contributed by atoms with Crippen LogP contribution >= 0.6 is 0 Å². The van der Waals surface area contributed by atoms with Crippen LogP contribution < -0.4 is 9.46 Å². The highest BCUT2D eigenvalue weighted by molar-refractivity contribution is 7.90. The zero-order valence-corrected chi connectivity index (χ0v) is 33.4. The van der Waals surface area contributed by atoms with Gasteiger partial charge in [-0.05, 0) is 112 Å². The van der Waals surface area contributed by atoms with Crippen LogP contribution in [-0.4, -0.2) is 72.1 Å². The van der Waals surface area contributed by atoms with Crippen molar-refractivity contribution in [2.24, 2.45) is 5.92 Å². The number of allylic oxidation sites excluding steroid dienone is 4. The summed E-state index contributed by atoms with van der Waals surface area (Å²) in [7, 11) is 0.106. The first kappa shape index (κ1) is 36.5. The lowest BCUT2D eigenvalue weighted by atomic mass is 9.75. The molecule has 2 saturated heterocycles. The summed E-state index contributed by atoms with van der Waals surface area (Å²) in [6, 6.07) is 18.0. The second kappa shape index (κ2) is 14.1.